The molecule has 6 nitrogen and oxygen atoms in total. The highest BCUT2D eigenvalue weighted by atomic mass is 79.9. The van der Waals surface area contributed by atoms with Gasteiger partial charge in [-0.05, 0) is 22.9 Å². The van der Waals surface area contributed by atoms with Crippen LogP contribution in [-0.4, -0.2) is 49.0 Å². The quantitative estimate of drug-likeness (QED) is 0.894. The predicted octanol–water partition coefficient (Wildman–Crippen LogP) is 1.00. The molecule has 2 unspecified atom stereocenters. The number of nitrogens with one attached hydrogen (secondary N) is 1. The Labute approximate surface area is 114 Å². The molecule has 2 rings (SSSR count). The van der Waals surface area contributed by atoms with Crippen molar-refractivity contribution in [3.8, 4) is 11.9 Å². The van der Waals surface area contributed by atoms with Crippen LogP contribution in [-0.2, 0) is 4.74 Å². The van der Waals surface area contributed by atoms with E-state index in [2.05, 4.69) is 31.2 Å². The van der Waals surface area contributed by atoms with Gasteiger partial charge in [0.1, 0.15) is 12.7 Å². The second-order valence-electron chi connectivity index (χ2n) is 4.05. The fraction of sp³-hybridized carbons (Fsp3) is 0.636. The van der Waals surface area contributed by atoms with Crippen molar-refractivity contribution >= 4 is 15.9 Å². The Morgan fingerprint density at radius 2 is 2.39 bits per heavy atom. The zero-order valence-electron chi connectivity index (χ0n) is 10.4. The Balaban J connectivity index is 1.89. The van der Waals surface area contributed by atoms with Gasteiger partial charge >= 0.3 is 6.01 Å². The van der Waals surface area contributed by atoms with Gasteiger partial charge in [-0.25, -0.2) is 4.98 Å². The molecule has 0 bridgehead atoms. The van der Waals surface area contributed by atoms with Crippen molar-refractivity contribution in [1.29, 1.82) is 0 Å². The zero-order valence-corrected chi connectivity index (χ0v) is 11.9. The summed E-state index contributed by atoms with van der Waals surface area (Å²) in [5, 5.41) is 3.27. The molecule has 1 fully saturated rings. The van der Waals surface area contributed by atoms with E-state index in [1.807, 2.05) is 6.92 Å². The minimum absolute atomic E-state index is 0.0204. The highest BCUT2D eigenvalue weighted by Crippen LogP contribution is 2.22. The molecule has 1 aliphatic rings. The number of hydrogen-bond acceptors (Lipinski definition) is 6. The molecule has 18 heavy (non-hydrogen) atoms. The lowest BCUT2D eigenvalue weighted by Crippen LogP contribution is -2.45. The lowest BCUT2D eigenvalue weighted by atomic mass is 10.2. The van der Waals surface area contributed by atoms with E-state index in [9.17, 15) is 0 Å². The summed E-state index contributed by atoms with van der Waals surface area (Å²) in [5.74, 6) is 0.455. The minimum atomic E-state index is 0.0204. The molecule has 2 heterocycles. The van der Waals surface area contributed by atoms with E-state index in [4.69, 9.17) is 14.2 Å². The van der Waals surface area contributed by atoms with Crippen molar-refractivity contribution in [2.45, 2.75) is 19.1 Å². The molecule has 0 amide bonds. The average Bonchev–Trinajstić information content (AvgIpc) is 2.38. The van der Waals surface area contributed by atoms with Crippen LogP contribution in [0.4, 0.5) is 0 Å². The van der Waals surface area contributed by atoms with Crippen molar-refractivity contribution in [1.82, 2.24) is 15.3 Å². The first-order valence-electron chi connectivity index (χ1n) is 5.74. The Morgan fingerprint density at radius 1 is 1.56 bits per heavy atom. The van der Waals surface area contributed by atoms with Crippen LogP contribution in [0.3, 0.4) is 0 Å². The molecular weight excluding hydrogens is 302 g/mol. The van der Waals surface area contributed by atoms with Crippen molar-refractivity contribution < 1.29 is 14.2 Å². The summed E-state index contributed by atoms with van der Waals surface area (Å²) in [6.07, 6.45) is 1.82. The second kappa shape index (κ2) is 6.31. The molecule has 2 atom stereocenters. The number of ether oxygens (including phenoxy) is 3. The van der Waals surface area contributed by atoms with E-state index >= 15 is 0 Å². The van der Waals surface area contributed by atoms with Gasteiger partial charge in [0.2, 0.25) is 5.88 Å². The first-order chi connectivity index (χ1) is 8.69. The van der Waals surface area contributed by atoms with Crippen LogP contribution in [0.25, 0.3) is 0 Å². The molecule has 0 radical (unpaired) electrons. The Kier molecular flexibility index (Phi) is 4.73. The number of halogens is 1. The molecule has 1 aromatic heterocycles. The topological polar surface area (TPSA) is 65.5 Å². The summed E-state index contributed by atoms with van der Waals surface area (Å²) in [5.41, 5.74) is 0. The summed E-state index contributed by atoms with van der Waals surface area (Å²) < 4.78 is 17.0. The standard InChI is InChI=1S/C11H16BrN3O3/c1-7-3-13-4-8(18-7)6-17-11-14-5-9(12)10(15-11)16-2/h5,7-8,13H,3-4,6H2,1-2H3. The maximum atomic E-state index is 5.70. The van der Waals surface area contributed by atoms with Gasteiger partial charge in [-0.1, -0.05) is 0 Å². The fourth-order valence-electron chi connectivity index (χ4n) is 1.69. The van der Waals surface area contributed by atoms with Crippen molar-refractivity contribution in [3.05, 3.63) is 10.7 Å². The molecule has 7 heteroatoms. The summed E-state index contributed by atoms with van der Waals surface area (Å²) >= 11 is 3.29. The van der Waals surface area contributed by atoms with E-state index in [0.29, 0.717) is 17.0 Å². The minimum Gasteiger partial charge on any atom is -0.480 e. The van der Waals surface area contributed by atoms with Crippen LogP contribution in [0.2, 0.25) is 0 Å². The van der Waals surface area contributed by atoms with Gasteiger partial charge in [-0.3, -0.25) is 0 Å². The van der Waals surface area contributed by atoms with Crippen LogP contribution >= 0.6 is 15.9 Å². The highest BCUT2D eigenvalue weighted by Gasteiger charge is 2.19. The molecule has 0 spiro atoms. The largest absolute Gasteiger partial charge is 0.480 e. The van der Waals surface area contributed by atoms with Gasteiger partial charge in [-0.15, -0.1) is 0 Å². The first kappa shape index (κ1) is 13.5. The monoisotopic (exact) mass is 317 g/mol. The lowest BCUT2D eigenvalue weighted by Gasteiger charge is -2.28. The van der Waals surface area contributed by atoms with Gasteiger partial charge in [0, 0.05) is 13.1 Å². The third-order valence-corrected chi connectivity index (χ3v) is 3.05. The number of methoxy groups -OCH3 is 1. The third kappa shape index (κ3) is 3.54. The van der Waals surface area contributed by atoms with Gasteiger partial charge in [0.15, 0.2) is 0 Å². The second-order valence-corrected chi connectivity index (χ2v) is 4.90. The van der Waals surface area contributed by atoms with Crippen LogP contribution in [0.1, 0.15) is 6.92 Å². The van der Waals surface area contributed by atoms with Crippen LogP contribution < -0.4 is 14.8 Å². The molecule has 1 N–H and O–H groups in total. The molecular formula is C11H16BrN3O3. The Hall–Kier alpha value is -0.920. The van der Waals surface area contributed by atoms with Crippen molar-refractivity contribution in [2.75, 3.05) is 26.8 Å². The molecule has 100 valence electrons. The number of nitrogens with zero attached hydrogens (tertiary/aromatic N) is 2. The van der Waals surface area contributed by atoms with E-state index in [1.165, 1.54) is 0 Å². The van der Waals surface area contributed by atoms with Gasteiger partial charge < -0.3 is 19.5 Å². The number of aromatic nitrogens is 2. The predicted molar refractivity (Wildman–Crippen MR) is 69.0 cm³/mol. The molecule has 1 saturated heterocycles. The van der Waals surface area contributed by atoms with Crippen LogP contribution in [0, 0.1) is 0 Å². The average molecular weight is 318 g/mol. The van der Waals surface area contributed by atoms with Crippen molar-refractivity contribution in [2.24, 2.45) is 0 Å². The maximum absolute atomic E-state index is 5.70. The molecule has 0 saturated carbocycles. The van der Waals surface area contributed by atoms with E-state index in [1.54, 1.807) is 13.3 Å². The maximum Gasteiger partial charge on any atom is 0.319 e. The molecule has 1 aliphatic heterocycles. The molecule has 0 aromatic carbocycles. The first-order valence-corrected chi connectivity index (χ1v) is 6.54. The summed E-state index contributed by atoms with van der Waals surface area (Å²) in [7, 11) is 1.55. The Morgan fingerprint density at radius 3 is 3.11 bits per heavy atom. The van der Waals surface area contributed by atoms with Crippen LogP contribution in [0.15, 0.2) is 10.7 Å². The normalized spacial score (nSPS) is 23.7. The van der Waals surface area contributed by atoms with Crippen molar-refractivity contribution in [3.63, 3.8) is 0 Å². The molecule has 1 aromatic rings. The van der Waals surface area contributed by atoms with Crippen LogP contribution in [0.5, 0.6) is 11.9 Å². The third-order valence-electron chi connectivity index (χ3n) is 2.51. The number of hydrogen-bond donors (Lipinski definition) is 1. The SMILES string of the molecule is COc1nc(OCC2CNCC(C)O2)ncc1Br. The van der Waals surface area contributed by atoms with Gasteiger partial charge in [-0.2, -0.15) is 4.98 Å². The summed E-state index contributed by atoms with van der Waals surface area (Å²) in [6.45, 7) is 4.09. The van der Waals surface area contributed by atoms with E-state index in [0.717, 1.165) is 13.1 Å². The summed E-state index contributed by atoms with van der Waals surface area (Å²) in [6, 6.07) is 0.289. The van der Waals surface area contributed by atoms with Gasteiger partial charge in [0.25, 0.3) is 0 Å². The van der Waals surface area contributed by atoms with E-state index < -0.39 is 0 Å². The summed E-state index contributed by atoms with van der Waals surface area (Å²) in [4.78, 5) is 8.17. The smallest absolute Gasteiger partial charge is 0.319 e. The Bertz CT molecular complexity index is 405. The number of morpholine rings is 1. The lowest BCUT2D eigenvalue weighted by molar-refractivity contribution is -0.0484. The fourth-order valence-corrected chi connectivity index (χ4v) is 2.04. The zero-order chi connectivity index (χ0) is 13.0. The highest BCUT2D eigenvalue weighted by molar-refractivity contribution is 9.10. The number of rotatable bonds is 4. The van der Waals surface area contributed by atoms with E-state index in [-0.39, 0.29) is 18.2 Å². The molecule has 0 aliphatic carbocycles. The van der Waals surface area contributed by atoms with Gasteiger partial charge in [0.05, 0.1) is 23.9 Å².